The van der Waals surface area contributed by atoms with E-state index >= 15 is 0 Å². The van der Waals surface area contributed by atoms with Gasteiger partial charge in [-0.15, -0.1) is 0 Å². The maximum Gasteiger partial charge on any atom is 0.241 e. The normalized spacial score (nSPS) is 24.6. The third kappa shape index (κ3) is 4.07. The van der Waals surface area contributed by atoms with E-state index in [-0.39, 0.29) is 11.9 Å². The van der Waals surface area contributed by atoms with E-state index in [4.69, 9.17) is 0 Å². The number of aryl methyl sites for hydroxylation is 2. The van der Waals surface area contributed by atoms with Gasteiger partial charge in [0, 0.05) is 18.8 Å². The molecule has 3 nitrogen and oxygen atoms in total. The van der Waals surface area contributed by atoms with Crippen molar-refractivity contribution >= 4 is 11.6 Å². The number of hydrogen-bond donors (Lipinski definition) is 1. The number of benzene rings is 1. The minimum Gasteiger partial charge on any atom is -0.324 e. The first-order valence-electron chi connectivity index (χ1n) is 7.99. The lowest BCUT2D eigenvalue weighted by molar-refractivity contribution is -0.121. The molecule has 0 aromatic heterocycles. The number of nitrogens with one attached hydrogen (secondary N) is 1. The number of piperidine rings is 1. The van der Waals surface area contributed by atoms with Gasteiger partial charge >= 0.3 is 0 Å². The van der Waals surface area contributed by atoms with Crippen molar-refractivity contribution in [2.45, 2.75) is 47.1 Å². The van der Waals surface area contributed by atoms with E-state index in [1.54, 1.807) is 0 Å². The fourth-order valence-corrected chi connectivity index (χ4v) is 3.38. The van der Waals surface area contributed by atoms with Crippen LogP contribution in [0.5, 0.6) is 0 Å². The lowest BCUT2D eigenvalue weighted by Crippen LogP contribution is -2.48. The lowest BCUT2D eigenvalue weighted by atomic mass is 9.91. The average Bonchev–Trinajstić information content (AvgIpc) is 2.40. The van der Waals surface area contributed by atoms with Crippen LogP contribution in [0.3, 0.4) is 0 Å². The molecule has 0 saturated carbocycles. The third-order valence-electron chi connectivity index (χ3n) is 4.46. The first kappa shape index (κ1) is 16.0. The second kappa shape index (κ2) is 6.61. The van der Waals surface area contributed by atoms with Crippen LogP contribution in [0.1, 0.15) is 38.3 Å². The number of amides is 1. The molecule has 3 atom stereocenters. The molecule has 1 saturated heterocycles. The standard InChI is InChI=1S/C18H28N2O/c1-12-6-7-17(15(4)9-12)19-18(21)16(5)20-10-13(2)8-14(3)11-20/h6-7,9,13-14,16H,8,10-11H2,1-5H3,(H,19,21). The van der Waals surface area contributed by atoms with Gasteiger partial charge in [0.05, 0.1) is 6.04 Å². The van der Waals surface area contributed by atoms with E-state index in [2.05, 4.69) is 37.1 Å². The molecule has 21 heavy (non-hydrogen) atoms. The van der Waals surface area contributed by atoms with Gasteiger partial charge < -0.3 is 5.32 Å². The number of nitrogens with zero attached hydrogens (tertiary/aromatic N) is 1. The summed E-state index contributed by atoms with van der Waals surface area (Å²) in [6, 6.07) is 6.07. The second-order valence-electron chi connectivity index (χ2n) is 6.88. The molecule has 0 bridgehead atoms. The predicted molar refractivity (Wildman–Crippen MR) is 88.5 cm³/mol. The molecule has 1 amide bonds. The quantitative estimate of drug-likeness (QED) is 0.921. The largest absolute Gasteiger partial charge is 0.324 e. The van der Waals surface area contributed by atoms with Gasteiger partial charge in [0.1, 0.15) is 0 Å². The summed E-state index contributed by atoms with van der Waals surface area (Å²) >= 11 is 0. The number of rotatable bonds is 3. The van der Waals surface area contributed by atoms with Crippen LogP contribution in [0.4, 0.5) is 5.69 Å². The van der Waals surface area contributed by atoms with Crippen LogP contribution in [0.2, 0.25) is 0 Å². The summed E-state index contributed by atoms with van der Waals surface area (Å²) in [4.78, 5) is 14.8. The molecule has 0 radical (unpaired) electrons. The SMILES string of the molecule is Cc1ccc(NC(=O)C(C)N2CC(C)CC(C)C2)c(C)c1. The zero-order valence-corrected chi connectivity index (χ0v) is 13.9. The van der Waals surface area contributed by atoms with E-state index < -0.39 is 0 Å². The Hall–Kier alpha value is -1.35. The molecule has 0 aliphatic carbocycles. The van der Waals surface area contributed by atoms with Crippen LogP contribution in [0.15, 0.2) is 18.2 Å². The van der Waals surface area contributed by atoms with E-state index in [0.717, 1.165) is 24.3 Å². The summed E-state index contributed by atoms with van der Waals surface area (Å²) in [6.45, 7) is 12.7. The van der Waals surface area contributed by atoms with Crippen molar-refractivity contribution < 1.29 is 4.79 Å². The molecule has 1 aromatic rings. The van der Waals surface area contributed by atoms with Gasteiger partial charge in [-0.25, -0.2) is 0 Å². The van der Waals surface area contributed by atoms with E-state index in [1.807, 2.05) is 26.0 Å². The third-order valence-corrected chi connectivity index (χ3v) is 4.46. The Kier molecular flexibility index (Phi) is 5.04. The van der Waals surface area contributed by atoms with E-state index in [0.29, 0.717) is 11.8 Å². The van der Waals surface area contributed by atoms with Crippen LogP contribution in [0.25, 0.3) is 0 Å². The zero-order chi connectivity index (χ0) is 15.6. The fourth-order valence-electron chi connectivity index (χ4n) is 3.38. The topological polar surface area (TPSA) is 32.3 Å². The van der Waals surface area contributed by atoms with Crippen molar-refractivity contribution in [1.29, 1.82) is 0 Å². The van der Waals surface area contributed by atoms with Gasteiger partial charge in [0.15, 0.2) is 0 Å². The molecule has 1 aromatic carbocycles. The average molecular weight is 288 g/mol. The van der Waals surface area contributed by atoms with Crippen molar-refractivity contribution in [3.8, 4) is 0 Å². The molecule has 0 spiro atoms. The molecule has 3 unspecified atom stereocenters. The van der Waals surface area contributed by atoms with Crippen molar-refractivity contribution in [3.05, 3.63) is 29.3 Å². The number of carbonyl (C=O) groups is 1. The Morgan fingerprint density at radius 1 is 1.24 bits per heavy atom. The molecule has 1 aliphatic rings. The summed E-state index contributed by atoms with van der Waals surface area (Å²) in [7, 11) is 0. The van der Waals surface area contributed by atoms with Gasteiger partial charge in [0.25, 0.3) is 0 Å². The van der Waals surface area contributed by atoms with Crippen LogP contribution in [0, 0.1) is 25.7 Å². The summed E-state index contributed by atoms with van der Waals surface area (Å²) in [5, 5.41) is 3.08. The highest BCUT2D eigenvalue weighted by Crippen LogP contribution is 2.23. The van der Waals surface area contributed by atoms with Gasteiger partial charge in [-0.1, -0.05) is 31.5 Å². The first-order chi connectivity index (χ1) is 9.86. The highest BCUT2D eigenvalue weighted by atomic mass is 16.2. The van der Waals surface area contributed by atoms with E-state index in [1.165, 1.54) is 12.0 Å². The Morgan fingerprint density at radius 2 is 1.86 bits per heavy atom. The molecule has 116 valence electrons. The van der Waals surface area contributed by atoms with E-state index in [9.17, 15) is 4.79 Å². The van der Waals surface area contributed by atoms with Gasteiger partial charge in [-0.2, -0.15) is 0 Å². The molecule has 1 heterocycles. The number of hydrogen-bond acceptors (Lipinski definition) is 2. The molecule has 2 rings (SSSR count). The Labute approximate surface area is 128 Å². The van der Waals surface area contributed by atoms with Crippen molar-refractivity contribution in [3.63, 3.8) is 0 Å². The Balaban J connectivity index is 2.02. The first-order valence-corrected chi connectivity index (χ1v) is 7.99. The smallest absolute Gasteiger partial charge is 0.241 e. The van der Waals surface area contributed by atoms with Crippen LogP contribution in [-0.2, 0) is 4.79 Å². The maximum absolute atomic E-state index is 12.5. The molecule has 1 fully saturated rings. The Bertz CT molecular complexity index is 502. The maximum atomic E-state index is 12.5. The number of anilines is 1. The molecule has 1 aliphatic heterocycles. The highest BCUT2D eigenvalue weighted by Gasteiger charge is 2.28. The summed E-state index contributed by atoms with van der Waals surface area (Å²) in [5.74, 6) is 1.44. The minimum atomic E-state index is -0.0732. The zero-order valence-electron chi connectivity index (χ0n) is 13.9. The van der Waals surface area contributed by atoms with Crippen molar-refractivity contribution in [2.75, 3.05) is 18.4 Å². The molecule has 3 heteroatoms. The fraction of sp³-hybridized carbons (Fsp3) is 0.611. The summed E-state index contributed by atoms with van der Waals surface area (Å²) in [5.41, 5.74) is 3.27. The molecular weight excluding hydrogens is 260 g/mol. The van der Waals surface area contributed by atoms with Crippen LogP contribution in [-0.4, -0.2) is 29.9 Å². The number of carbonyl (C=O) groups excluding carboxylic acids is 1. The van der Waals surface area contributed by atoms with Gasteiger partial charge in [-0.3, -0.25) is 9.69 Å². The van der Waals surface area contributed by atoms with Crippen molar-refractivity contribution in [1.82, 2.24) is 4.90 Å². The van der Waals surface area contributed by atoms with Crippen LogP contribution >= 0.6 is 0 Å². The minimum absolute atomic E-state index is 0.0732. The van der Waals surface area contributed by atoms with Gasteiger partial charge in [0.2, 0.25) is 5.91 Å². The molecule has 1 N–H and O–H groups in total. The number of likely N-dealkylation sites (tertiary alicyclic amines) is 1. The van der Waals surface area contributed by atoms with Gasteiger partial charge in [-0.05, 0) is 50.7 Å². The second-order valence-corrected chi connectivity index (χ2v) is 6.88. The molecular formula is C18H28N2O. The lowest BCUT2D eigenvalue weighted by Gasteiger charge is -2.38. The summed E-state index contributed by atoms with van der Waals surface area (Å²) in [6.07, 6.45) is 1.27. The Morgan fingerprint density at radius 3 is 2.43 bits per heavy atom. The van der Waals surface area contributed by atoms with Crippen LogP contribution < -0.4 is 5.32 Å². The summed E-state index contributed by atoms with van der Waals surface area (Å²) < 4.78 is 0. The highest BCUT2D eigenvalue weighted by molar-refractivity contribution is 5.95. The predicted octanol–water partition coefficient (Wildman–Crippen LogP) is 3.61. The van der Waals surface area contributed by atoms with Crippen molar-refractivity contribution in [2.24, 2.45) is 11.8 Å². The monoisotopic (exact) mass is 288 g/mol.